The zero-order valence-electron chi connectivity index (χ0n) is 17.4. The summed E-state index contributed by atoms with van der Waals surface area (Å²) in [6, 6.07) is 14.5. The third-order valence-corrected chi connectivity index (χ3v) is 5.88. The van der Waals surface area contributed by atoms with E-state index in [2.05, 4.69) is 20.8 Å². The summed E-state index contributed by atoms with van der Waals surface area (Å²) in [6.07, 6.45) is 5.52. The molecule has 1 fully saturated rings. The van der Waals surface area contributed by atoms with Gasteiger partial charge < -0.3 is 5.73 Å². The van der Waals surface area contributed by atoms with E-state index in [0.29, 0.717) is 24.5 Å². The first kappa shape index (κ1) is 21.1. The van der Waals surface area contributed by atoms with Gasteiger partial charge in [-0.2, -0.15) is 0 Å². The maximum absolute atomic E-state index is 11.7. The Kier molecular flexibility index (Phi) is 6.63. The predicted molar refractivity (Wildman–Crippen MR) is 116 cm³/mol. The Balaban J connectivity index is 1.70. The molecule has 2 aromatic carbocycles. The van der Waals surface area contributed by atoms with Crippen molar-refractivity contribution in [2.45, 2.75) is 57.3 Å². The van der Waals surface area contributed by atoms with Crippen molar-refractivity contribution in [3.63, 3.8) is 0 Å². The highest BCUT2D eigenvalue weighted by atomic mass is 16.6. The molecule has 1 aliphatic carbocycles. The number of tetrazole rings is 1. The zero-order chi connectivity index (χ0) is 21.6. The van der Waals surface area contributed by atoms with E-state index in [1.165, 1.54) is 12.5 Å². The van der Waals surface area contributed by atoms with E-state index < -0.39 is 6.04 Å². The lowest BCUT2D eigenvalue weighted by Crippen LogP contribution is -2.28. The van der Waals surface area contributed by atoms with Gasteiger partial charge in [-0.25, -0.2) is 4.68 Å². The van der Waals surface area contributed by atoms with Crippen LogP contribution in [0.2, 0.25) is 0 Å². The molecule has 1 unspecified atom stereocenters. The molecule has 1 atom stereocenters. The standard InChI is InChI=1S/C22H27N7O2/c23-14-16-7-6-8-17(13-16)15-24-21(19-11-4-5-12-20(19)29(30)31)22-25-26-27-28(22)18-9-2-1-3-10-18/h4-8,11-13,18,21,24H,1-3,9-10,14-15,23H2. The molecule has 1 aromatic heterocycles. The minimum absolute atomic E-state index is 0.0499. The Morgan fingerprint density at radius 1 is 1.13 bits per heavy atom. The van der Waals surface area contributed by atoms with Gasteiger partial charge in [0.2, 0.25) is 0 Å². The van der Waals surface area contributed by atoms with Crippen LogP contribution in [-0.4, -0.2) is 25.1 Å². The second kappa shape index (κ2) is 9.76. The summed E-state index contributed by atoms with van der Waals surface area (Å²) in [5.74, 6) is 0.608. The fourth-order valence-corrected chi connectivity index (χ4v) is 4.30. The summed E-state index contributed by atoms with van der Waals surface area (Å²) in [5.41, 5.74) is 8.45. The Labute approximate surface area is 180 Å². The number of hydrogen-bond donors (Lipinski definition) is 2. The average Bonchev–Trinajstić information content (AvgIpc) is 3.30. The quantitative estimate of drug-likeness (QED) is 0.422. The van der Waals surface area contributed by atoms with Gasteiger partial charge in [0.1, 0.15) is 6.04 Å². The minimum atomic E-state index is -0.514. The smallest absolute Gasteiger partial charge is 0.274 e. The van der Waals surface area contributed by atoms with Crippen molar-refractivity contribution in [1.29, 1.82) is 0 Å². The van der Waals surface area contributed by atoms with Crippen LogP contribution in [0, 0.1) is 10.1 Å². The molecule has 1 saturated carbocycles. The lowest BCUT2D eigenvalue weighted by atomic mass is 9.95. The van der Waals surface area contributed by atoms with E-state index >= 15 is 0 Å². The molecule has 31 heavy (non-hydrogen) atoms. The fourth-order valence-electron chi connectivity index (χ4n) is 4.30. The summed E-state index contributed by atoms with van der Waals surface area (Å²) in [5, 5.41) is 27.7. The Hall–Kier alpha value is -3.17. The van der Waals surface area contributed by atoms with Crippen molar-refractivity contribution in [2.24, 2.45) is 5.73 Å². The van der Waals surface area contributed by atoms with Crippen molar-refractivity contribution in [3.8, 4) is 0 Å². The second-order valence-electron chi connectivity index (χ2n) is 7.93. The maximum atomic E-state index is 11.7. The first-order chi connectivity index (χ1) is 15.2. The highest BCUT2D eigenvalue weighted by molar-refractivity contribution is 5.44. The molecule has 0 radical (unpaired) electrons. The van der Waals surface area contributed by atoms with Gasteiger partial charge in [0.05, 0.1) is 16.5 Å². The SMILES string of the molecule is NCc1cccc(CNC(c2ccccc2[N+](=O)[O-])c2nnnn2C2CCCCC2)c1. The fraction of sp³-hybridized carbons (Fsp3) is 0.409. The summed E-state index contributed by atoms with van der Waals surface area (Å²) < 4.78 is 1.86. The number of benzene rings is 2. The molecule has 0 spiro atoms. The van der Waals surface area contributed by atoms with Crippen LogP contribution in [0.15, 0.2) is 48.5 Å². The van der Waals surface area contributed by atoms with Crippen LogP contribution in [0.4, 0.5) is 5.69 Å². The molecular weight excluding hydrogens is 394 g/mol. The molecule has 1 heterocycles. The largest absolute Gasteiger partial charge is 0.326 e. The van der Waals surface area contributed by atoms with Crippen molar-refractivity contribution in [1.82, 2.24) is 25.5 Å². The second-order valence-corrected chi connectivity index (χ2v) is 7.93. The summed E-state index contributed by atoms with van der Waals surface area (Å²) >= 11 is 0. The summed E-state index contributed by atoms with van der Waals surface area (Å²) in [6.45, 7) is 0.962. The highest BCUT2D eigenvalue weighted by Gasteiger charge is 2.30. The molecule has 1 aliphatic rings. The predicted octanol–water partition coefficient (Wildman–Crippen LogP) is 3.42. The van der Waals surface area contributed by atoms with Crippen LogP contribution < -0.4 is 11.1 Å². The first-order valence-corrected chi connectivity index (χ1v) is 10.7. The molecule has 9 heteroatoms. The number of rotatable bonds is 8. The van der Waals surface area contributed by atoms with Gasteiger partial charge >= 0.3 is 0 Å². The van der Waals surface area contributed by atoms with Gasteiger partial charge in [0, 0.05) is 19.2 Å². The lowest BCUT2D eigenvalue weighted by molar-refractivity contribution is -0.385. The summed E-state index contributed by atoms with van der Waals surface area (Å²) in [4.78, 5) is 11.4. The third kappa shape index (κ3) is 4.78. The average molecular weight is 422 g/mol. The maximum Gasteiger partial charge on any atom is 0.274 e. The number of hydrogen-bond acceptors (Lipinski definition) is 7. The van der Waals surface area contributed by atoms with Gasteiger partial charge in [-0.05, 0) is 34.4 Å². The van der Waals surface area contributed by atoms with Gasteiger partial charge in [-0.1, -0.05) is 61.7 Å². The van der Waals surface area contributed by atoms with Gasteiger partial charge in [-0.3, -0.25) is 15.4 Å². The van der Waals surface area contributed by atoms with E-state index in [1.54, 1.807) is 18.2 Å². The molecule has 4 rings (SSSR count). The Morgan fingerprint density at radius 3 is 2.68 bits per heavy atom. The number of nitro benzene ring substituents is 1. The number of nitrogens with zero attached hydrogens (tertiary/aromatic N) is 5. The number of nitrogens with two attached hydrogens (primary N) is 1. The van der Waals surface area contributed by atoms with Crippen LogP contribution in [0.5, 0.6) is 0 Å². The van der Waals surface area contributed by atoms with E-state index in [4.69, 9.17) is 5.73 Å². The number of para-hydroxylation sites is 1. The molecule has 0 aliphatic heterocycles. The minimum Gasteiger partial charge on any atom is -0.326 e. The topological polar surface area (TPSA) is 125 Å². The highest BCUT2D eigenvalue weighted by Crippen LogP contribution is 2.33. The molecule has 0 saturated heterocycles. The van der Waals surface area contributed by atoms with Crippen LogP contribution in [0.1, 0.15) is 66.7 Å². The molecule has 3 aromatic rings. The van der Waals surface area contributed by atoms with E-state index in [-0.39, 0.29) is 16.7 Å². The van der Waals surface area contributed by atoms with Gasteiger partial charge in [-0.15, -0.1) is 5.10 Å². The third-order valence-electron chi connectivity index (χ3n) is 5.88. The molecule has 0 bridgehead atoms. The zero-order valence-corrected chi connectivity index (χ0v) is 17.4. The number of aromatic nitrogens is 4. The van der Waals surface area contributed by atoms with Crippen molar-refractivity contribution >= 4 is 5.69 Å². The number of nitrogens with one attached hydrogen (secondary N) is 1. The van der Waals surface area contributed by atoms with Crippen LogP contribution in [0.3, 0.4) is 0 Å². The Morgan fingerprint density at radius 2 is 1.90 bits per heavy atom. The molecule has 162 valence electrons. The first-order valence-electron chi connectivity index (χ1n) is 10.7. The van der Waals surface area contributed by atoms with Gasteiger partial charge in [0.15, 0.2) is 5.82 Å². The Bertz CT molecular complexity index is 1030. The summed E-state index contributed by atoms with van der Waals surface area (Å²) in [7, 11) is 0. The van der Waals surface area contributed by atoms with Crippen LogP contribution >= 0.6 is 0 Å². The lowest BCUT2D eigenvalue weighted by Gasteiger charge is -2.25. The van der Waals surface area contributed by atoms with Crippen molar-refractivity contribution < 1.29 is 4.92 Å². The van der Waals surface area contributed by atoms with Gasteiger partial charge in [0.25, 0.3) is 5.69 Å². The van der Waals surface area contributed by atoms with E-state index in [0.717, 1.165) is 36.8 Å². The molecule has 0 amide bonds. The number of nitro groups is 1. The van der Waals surface area contributed by atoms with E-state index in [9.17, 15) is 10.1 Å². The monoisotopic (exact) mass is 421 g/mol. The van der Waals surface area contributed by atoms with E-state index in [1.807, 2.05) is 28.9 Å². The van der Waals surface area contributed by atoms with Crippen molar-refractivity contribution in [3.05, 3.63) is 81.2 Å². The van der Waals surface area contributed by atoms with Crippen LogP contribution in [-0.2, 0) is 13.1 Å². The van der Waals surface area contributed by atoms with Crippen LogP contribution in [0.25, 0.3) is 0 Å². The molecule has 3 N–H and O–H groups in total. The molecular formula is C22H27N7O2. The van der Waals surface area contributed by atoms with Crippen molar-refractivity contribution in [2.75, 3.05) is 0 Å². The normalized spacial score (nSPS) is 15.6. The molecule has 9 nitrogen and oxygen atoms in total.